The van der Waals surface area contributed by atoms with Crippen molar-refractivity contribution in [1.29, 1.82) is 0 Å². The van der Waals surface area contributed by atoms with E-state index < -0.39 is 5.97 Å². The van der Waals surface area contributed by atoms with Gasteiger partial charge in [0.2, 0.25) is 0 Å². The third-order valence-electron chi connectivity index (χ3n) is 5.64. The van der Waals surface area contributed by atoms with Gasteiger partial charge in [0.1, 0.15) is 0 Å². The van der Waals surface area contributed by atoms with Crippen molar-refractivity contribution < 1.29 is 19.1 Å². The number of ketones is 2. The van der Waals surface area contributed by atoms with Crippen molar-refractivity contribution in [2.24, 2.45) is 0 Å². The molecule has 30 heavy (non-hydrogen) atoms. The van der Waals surface area contributed by atoms with Crippen LogP contribution in [-0.4, -0.2) is 24.1 Å². The Hall–Kier alpha value is -2.75. The minimum Gasteiger partial charge on any atom is -0.462 e. The van der Waals surface area contributed by atoms with Crippen LogP contribution in [0.15, 0.2) is 42.5 Å². The first-order valence-corrected chi connectivity index (χ1v) is 11.1. The Labute approximate surface area is 178 Å². The summed E-state index contributed by atoms with van der Waals surface area (Å²) in [5.74, 6) is -0.861. The van der Waals surface area contributed by atoms with Gasteiger partial charge in [-0.3, -0.25) is 9.59 Å². The van der Waals surface area contributed by atoms with Crippen LogP contribution in [0, 0.1) is 0 Å². The number of carbonyl (C=O) groups is 3. The lowest BCUT2D eigenvalue weighted by Gasteiger charge is -2.17. The maximum Gasteiger partial charge on any atom is 0.338 e. The van der Waals surface area contributed by atoms with E-state index in [0.717, 1.165) is 12.8 Å². The average Bonchev–Trinajstić information content (AvgIpc) is 2.78. The molecule has 0 amide bonds. The summed E-state index contributed by atoms with van der Waals surface area (Å²) < 4.78 is 5.38. The van der Waals surface area contributed by atoms with Gasteiger partial charge in [0, 0.05) is 22.3 Å². The Kier molecular flexibility index (Phi) is 7.95. The third kappa shape index (κ3) is 5.24. The van der Waals surface area contributed by atoms with Crippen molar-refractivity contribution in [3.8, 4) is 0 Å². The van der Waals surface area contributed by atoms with Crippen molar-refractivity contribution in [3.05, 3.63) is 70.3 Å². The molecular formula is C26H30O4. The summed E-state index contributed by atoms with van der Waals surface area (Å²) in [6.45, 7) is 2.60. The van der Waals surface area contributed by atoms with Crippen LogP contribution in [0.25, 0.3) is 0 Å². The number of fused-ring (bicyclic) bond motifs is 2. The number of esters is 1. The van der Waals surface area contributed by atoms with Crippen LogP contribution in [0.3, 0.4) is 0 Å². The molecule has 0 saturated carbocycles. The number of benzene rings is 2. The van der Waals surface area contributed by atoms with Crippen molar-refractivity contribution >= 4 is 17.5 Å². The van der Waals surface area contributed by atoms with Gasteiger partial charge >= 0.3 is 5.97 Å². The molecular weight excluding hydrogens is 376 g/mol. The number of ether oxygens (including phenoxy) is 1. The molecule has 4 heteroatoms. The number of carbonyl (C=O) groups excluding carboxylic acids is 3. The summed E-state index contributed by atoms with van der Waals surface area (Å²) in [6.07, 6.45) is 10.8. The summed E-state index contributed by atoms with van der Waals surface area (Å²) in [4.78, 5) is 37.8. The molecule has 2 aromatic carbocycles. The normalized spacial score (nSPS) is 12.4. The molecule has 4 nitrogen and oxygen atoms in total. The maximum absolute atomic E-state index is 12.8. The monoisotopic (exact) mass is 406 g/mol. The van der Waals surface area contributed by atoms with E-state index in [-0.39, 0.29) is 17.1 Å². The van der Waals surface area contributed by atoms with E-state index in [4.69, 9.17) is 4.74 Å². The summed E-state index contributed by atoms with van der Waals surface area (Å²) in [6, 6.07) is 11.4. The zero-order valence-corrected chi connectivity index (χ0v) is 17.7. The smallest absolute Gasteiger partial charge is 0.338 e. The van der Waals surface area contributed by atoms with Gasteiger partial charge in [-0.1, -0.05) is 82.6 Å². The topological polar surface area (TPSA) is 60.4 Å². The minimum atomic E-state index is -0.448. The average molecular weight is 407 g/mol. The highest BCUT2D eigenvalue weighted by Crippen LogP contribution is 2.28. The molecule has 0 aromatic heterocycles. The molecule has 158 valence electrons. The SMILES string of the molecule is CCCCCCCCCCCOC(=O)c1ccc2c(c1)C(=O)c1ccccc1C2=O. The van der Waals surface area contributed by atoms with Crippen molar-refractivity contribution in [2.75, 3.05) is 6.61 Å². The van der Waals surface area contributed by atoms with Gasteiger partial charge in [0.05, 0.1) is 12.2 Å². The molecule has 0 spiro atoms. The fourth-order valence-electron chi connectivity index (χ4n) is 3.89. The van der Waals surface area contributed by atoms with Gasteiger partial charge in [0.25, 0.3) is 0 Å². The van der Waals surface area contributed by atoms with Crippen LogP contribution in [0.2, 0.25) is 0 Å². The molecule has 3 rings (SSSR count). The Morgan fingerprint density at radius 2 is 1.23 bits per heavy atom. The number of hydrogen-bond donors (Lipinski definition) is 0. The first-order chi connectivity index (χ1) is 14.6. The van der Waals surface area contributed by atoms with Crippen LogP contribution in [0.1, 0.15) is 107 Å². The second kappa shape index (κ2) is 10.9. The van der Waals surface area contributed by atoms with Crippen LogP contribution >= 0.6 is 0 Å². The molecule has 0 heterocycles. The van der Waals surface area contributed by atoms with E-state index >= 15 is 0 Å². The van der Waals surface area contributed by atoms with Gasteiger partial charge in [-0.05, 0) is 24.6 Å². The molecule has 2 aromatic rings. The van der Waals surface area contributed by atoms with E-state index in [1.54, 1.807) is 36.4 Å². The molecule has 0 N–H and O–H groups in total. The quantitative estimate of drug-likeness (QED) is 0.283. The molecule has 0 atom stereocenters. The van der Waals surface area contributed by atoms with Crippen molar-refractivity contribution in [1.82, 2.24) is 0 Å². The number of unbranched alkanes of at least 4 members (excludes halogenated alkanes) is 8. The van der Waals surface area contributed by atoms with E-state index in [9.17, 15) is 14.4 Å². The Bertz CT molecular complexity index is 913. The Morgan fingerprint density at radius 1 is 0.700 bits per heavy atom. The van der Waals surface area contributed by atoms with Gasteiger partial charge in [-0.2, -0.15) is 0 Å². The van der Waals surface area contributed by atoms with E-state index in [1.807, 2.05) is 0 Å². The third-order valence-corrected chi connectivity index (χ3v) is 5.64. The molecule has 0 fully saturated rings. The van der Waals surface area contributed by atoms with Gasteiger partial charge in [0.15, 0.2) is 11.6 Å². The predicted octanol–water partition coefficient (Wildman–Crippen LogP) is 6.15. The van der Waals surface area contributed by atoms with Crippen molar-refractivity contribution in [2.45, 2.75) is 64.7 Å². The lowest BCUT2D eigenvalue weighted by atomic mass is 9.83. The minimum absolute atomic E-state index is 0.185. The van der Waals surface area contributed by atoms with Crippen LogP contribution in [0.5, 0.6) is 0 Å². The summed E-state index contributed by atoms with van der Waals surface area (Å²) in [7, 11) is 0. The van der Waals surface area contributed by atoms with Crippen molar-refractivity contribution in [3.63, 3.8) is 0 Å². The Balaban J connectivity index is 1.48. The van der Waals surface area contributed by atoms with Gasteiger partial charge in [-0.25, -0.2) is 4.79 Å². The van der Waals surface area contributed by atoms with Gasteiger partial charge in [-0.15, -0.1) is 0 Å². The number of hydrogen-bond acceptors (Lipinski definition) is 4. The van der Waals surface area contributed by atoms with Crippen LogP contribution < -0.4 is 0 Å². The molecule has 0 bridgehead atoms. The number of rotatable bonds is 11. The summed E-state index contributed by atoms with van der Waals surface area (Å²) in [5.41, 5.74) is 1.72. The van der Waals surface area contributed by atoms with Crippen LogP contribution in [-0.2, 0) is 4.74 Å². The van der Waals surface area contributed by atoms with E-state index in [2.05, 4.69) is 6.92 Å². The molecule has 0 unspecified atom stereocenters. The Morgan fingerprint density at radius 3 is 1.87 bits per heavy atom. The summed E-state index contributed by atoms with van der Waals surface area (Å²) >= 11 is 0. The first kappa shape index (κ1) is 21.9. The zero-order valence-electron chi connectivity index (χ0n) is 17.7. The molecule has 1 aliphatic carbocycles. The first-order valence-electron chi connectivity index (χ1n) is 11.1. The lowest BCUT2D eigenvalue weighted by molar-refractivity contribution is 0.0497. The fourth-order valence-corrected chi connectivity index (χ4v) is 3.89. The van der Waals surface area contributed by atoms with Gasteiger partial charge < -0.3 is 4.74 Å². The maximum atomic E-state index is 12.8. The predicted molar refractivity (Wildman–Crippen MR) is 117 cm³/mol. The lowest BCUT2D eigenvalue weighted by Crippen LogP contribution is -2.21. The molecule has 0 radical (unpaired) electrons. The highest BCUT2D eigenvalue weighted by atomic mass is 16.5. The highest BCUT2D eigenvalue weighted by Gasteiger charge is 2.30. The fraction of sp³-hybridized carbons (Fsp3) is 0.423. The van der Waals surface area contributed by atoms with E-state index in [0.29, 0.717) is 28.9 Å². The second-order valence-electron chi connectivity index (χ2n) is 7.93. The standard InChI is InChI=1S/C26H30O4/c1-2-3-4-5-6-7-8-9-12-17-30-26(29)19-15-16-22-23(18-19)25(28)21-14-11-10-13-20(21)24(22)27/h10-11,13-16,18H,2-9,12,17H2,1H3. The molecule has 0 aliphatic heterocycles. The second-order valence-corrected chi connectivity index (χ2v) is 7.93. The van der Waals surface area contributed by atoms with Crippen LogP contribution in [0.4, 0.5) is 0 Å². The highest BCUT2D eigenvalue weighted by molar-refractivity contribution is 6.28. The molecule has 0 saturated heterocycles. The zero-order chi connectivity index (χ0) is 21.3. The largest absolute Gasteiger partial charge is 0.462 e. The van der Waals surface area contributed by atoms with E-state index in [1.165, 1.54) is 51.0 Å². The summed E-state index contributed by atoms with van der Waals surface area (Å²) in [5, 5.41) is 0. The molecule has 1 aliphatic rings.